The number of pyridine rings is 1. The number of hydrogen-bond acceptors (Lipinski definition) is 4. The number of para-hydroxylation sites is 1. The van der Waals surface area contributed by atoms with Crippen LogP contribution in [0.15, 0.2) is 60.9 Å². The van der Waals surface area contributed by atoms with Crippen molar-refractivity contribution in [1.29, 1.82) is 0 Å². The second kappa shape index (κ2) is 11.7. The van der Waals surface area contributed by atoms with E-state index in [1.807, 2.05) is 30.6 Å². The van der Waals surface area contributed by atoms with Crippen molar-refractivity contribution in [3.05, 3.63) is 82.6 Å². The van der Waals surface area contributed by atoms with E-state index in [-0.39, 0.29) is 5.60 Å². The Morgan fingerprint density at radius 3 is 2.74 bits per heavy atom. The van der Waals surface area contributed by atoms with Crippen LogP contribution in [0.3, 0.4) is 0 Å². The molecular formula is C31H35ClN2O4. The molecule has 5 rings (SSSR count). The Morgan fingerprint density at radius 2 is 1.97 bits per heavy atom. The molecule has 2 aliphatic carbocycles. The summed E-state index contributed by atoms with van der Waals surface area (Å²) in [6.45, 7) is 3.11. The number of halogens is 1. The molecule has 2 aliphatic rings. The summed E-state index contributed by atoms with van der Waals surface area (Å²) in [6.07, 6.45) is 10.0. The van der Waals surface area contributed by atoms with Crippen LogP contribution in [0.1, 0.15) is 74.5 Å². The standard InChI is InChI=1S/C31H35ClN2O4/c1-21(6-4-5-16-34-30(35)36)22-9-12-28(32)23(18-22)20-37-31(14-15-31)27-19-33-17-13-25(27)26-7-2-3-8-29(26)38-24-10-11-24/h2-3,7-9,12-13,17-19,21,24,34H,4-6,10-11,14-16,20H2,1H3,(H,35,36)/t21-/m0/s1. The van der Waals surface area contributed by atoms with Crippen LogP contribution in [0, 0.1) is 0 Å². The fraction of sp³-hybridized carbons (Fsp3) is 0.419. The van der Waals surface area contributed by atoms with E-state index < -0.39 is 6.09 Å². The van der Waals surface area contributed by atoms with Gasteiger partial charge in [-0.1, -0.05) is 55.3 Å². The average molecular weight is 535 g/mol. The molecule has 0 saturated heterocycles. The smallest absolute Gasteiger partial charge is 0.404 e. The van der Waals surface area contributed by atoms with Gasteiger partial charge < -0.3 is 19.9 Å². The Balaban J connectivity index is 1.28. The number of nitrogens with zero attached hydrogens (tertiary/aromatic N) is 1. The van der Waals surface area contributed by atoms with Crippen LogP contribution < -0.4 is 10.1 Å². The second-order valence-electron chi connectivity index (χ2n) is 10.5. The quantitative estimate of drug-likeness (QED) is 0.220. The van der Waals surface area contributed by atoms with E-state index in [4.69, 9.17) is 26.2 Å². The first-order valence-corrected chi connectivity index (χ1v) is 13.9. The van der Waals surface area contributed by atoms with Gasteiger partial charge >= 0.3 is 6.09 Å². The molecule has 1 atom stereocenters. The molecule has 1 amide bonds. The molecule has 2 N–H and O–H groups in total. The first kappa shape index (κ1) is 26.5. The highest BCUT2D eigenvalue weighted by atomic mass is 35.5. The zero-order valence-electron chi connectivity index (χ0n) is 21.8. The highest BCUT2D eigenvalue weighted by molar-refractivity contribution is 6.31. The lowest BCUT2D eigenvalue weighted by molar-refractivity contribution is 0.0173. The van der Waals surface area contributed by atoms with Crippen LogP contribution in [0.25, 0.3) is 11.1 Å². The summed E-state index contributed by atoms with van der Waals surface area (Å²) in [4.78, 5) is 15.1. The van der Waals surface area contributed by atoms with Crippen LogP contribution in [0.2, 0.25) is 5.02 Å². The third kappa shape index (κ3) is 6.48. The largest absolute Gasteiger partial charge is 0.490 e. The molecular weight excluding hydrogens is 500 g/mol. The van der Waals surface area contributed by atoms with Gasteiger partial charge in [-0.05, 0) is 79.3 Å². The minimum atomic E-state index is -0.969. The van der Waals surface area contributed by atoms with Gasteiger partial charge in [0.15, 0.2) is 0 Å². The third-order valence-electron chi connectivity index (χ3n) is 7.49. The SMILES string of the molecule is C[C@@H](CCCCNC(=O)O)c1ccc(Cl)c(COC2(c3cnccc3-c3ccccc3OC3CC3)CC2)c1. The van der Waals surface area contributed by atoms with Gasteiger partial charge in [-0.2, -0.15) is 0 Å². The number of rotatable bonds is 13. The van der Waals surface area contributed by atoms with E-state index in [1.54, 1.807) is 0 Å². The van der Waals surface area contributed by atoms with Gasteiger partial charge in [0.2, 0.25) is 0 Å². The molecule has 2 fully saturated rings. The Kier molecular flexibility index (Phi) is 8.20. The van der Waals surface area contributed by atoms with E-state index in [2.05, 4.69) is 47.6 Å². The normalized spacial score (nSPS) is 16.6. The molecule has 0 bridgehead atoms. The fourth-order valence-corrected chi connectivity index (χ4v) is 5.09. The molecule has 200 valence electrons. The number of carboxylic acid groups (broad SMARTS) is 1. The first-order valence-electron chi connectivity index (χ1n) is 13.5. The fourth-order valence-electron chi connectivity index (χ4n) is 4.92. The van der Waals surface area contributed by atoms with Crippen molar-refractivity contribution in [3.8, 4) is 16.9 Å². The Labute approximate surface area is 229 Å². The third-order valence-corrected chi connectivity index (χ3v) is 7.86. The van der Waals surface area contributed by atoms with Gasteiger partial charge in [0.1, 0.15) is 5.75 Å². The maximum atomic E-state index is 10.6. The van der Waals surface area contributed by atoms with Crippen molar-refractivity contribution in [2.75, 3.05) is 6.54 Å². The van der Waals surface area contributed by atoms with Gasteiger partial charge in [0, 0.05) is 35.1 Å². The second-order valence-corrected chi connectivity index (χ2v) is 10.9. The summed E-state index contributed by atoms with van der Waals surface area (Å²) >= 11 is 6.60. The average Bonchev–Trinajstić information content (AvgIpc) is 3.85. The molecule has 38 heavy (non-hydrogen) atoms. The maximum absolute atomic E-state index is 10.6. The molecule has 0 unspecified atom stereocenters. The van der Waals surface area contributed by atoms with E-state index in [0.717, 1.165) is 72.9 Å². The summed E-state index contributed by atoms with van der Waals surface area (Å²) in [6, 6.07) is 16.5. The number of amides is 1. The topological polar surface area (TPSA) is 80.7 Å². The van der Waals surface area contributed by atoms with Crippen LogP contribution in [0.4, 0.5) is 4.79 Å². The molecule has 2 aromatic carbocycles. The number of benzene rings is 2. The lowest BCUT2D eigenvalue weighted by Gasteiger charge is -2.22. The van der Waals surface area contributed by atoms with Gasteiger partial charge in [-0.25, -0.2) is 4.79 Å². The number of carbonyl (C=O) groups is 1. The van der Waals surface area contributed by atoms with Crippen molar-refractivity contribution in [2.24, 2.45) is 0 Å². The highest BCUT2D eigenvalue weighted by Crippen LogP contribution is 2.53. The first-order chi connectivity index (χ1) is 18.4. The predicted molar refractivity (Wildman–Crippen MR) is 149 cm³/mol. The van der Waals surface area contributed by atoms with Crippen molar-refractivity contribution in [2.45, 2.75) is 76.1 Å². The number of nitrogens with one attached hydrogen (secondary N) is 1. The zero-order valence-corrected chi connectivity index (χ0v) is 22.5. The Morgan fingerprint density at radius 1 is 1.16 bits per heavy atom. The highest BCUT2D eigenvalue weighted by Gasteiger charge is 2.47. The van der Waals surface area contributed by atoms with Crippen LogP contribution in [0.5, 0.6) is 5.75 Å². The molecule has 1 heterocycles. The predicted octanol–water partition coefficient (Wildman–Crippen LogP) is 7.69. The lowest BCUT2D eigenvalue weighted by atomic mass is 9.94. The molecule has 6 nitrogen and oxygen atoms in total. The molecule has 0 radical (unpaired) electrons. The van der Waals surface area contributed by atoms with Gasteiger partial charge in [-0.3, -0.25) is 4.98 Å². The van der Waals surface area contributed by atoms with Crippen molar-refractivity contribution >= 4 is 17.7 Å². The van der Waals surface area contributed by atoms with Crippen LogP contribution >= 0.6 is 11.6 Å². The van der Waals surface area contributed by atoms with Gasteiger partial charge in [-0.15, -0.1) is 0 Å². The number of hydrogen-bond donors (Lipinski definition) is 2. The molecule has 0 aliphatic heterocycles. The summed E-state index contributed by atoms with van der Waals surface area (Å²) in [5.41, 5.74) is 5.12. The number of aromatic nitrogens is 1. The van der Waals surface area contributed by atoms with Crippen molar-refractivity contribution in [1.82, 2.24) is 10.3 Å². The molecule has 1 aromatic heterocycles. The number of ether oxygens (including phenoxy) is 2. The monoisotopic (exact) mass is 534 g/mol. The van der Waals surface area contributed by atoms with E-state index in [1.165, 1.54) is 5.56 Å². The Hall–Kier alpha value is -3.09. The van der Waals surface area contributed by atoms with Crippen LogP contribution in [-0.2, 0) is 16.9 Å². The van der Waals surface area contributed by atoms with Gasteiger partial charge in [0.05, 0.1) is 18.3 Å². The van der Waals surface area contributed by atoms with Gasteiger partial charge in [0.25, 0.3) is 0 Å². The molecule has 3 aromatic rings. The minimum absolute atomic E-state index is 0.325. The van der Waals surface area contributed by atoms with E-state index in [0.29, 0.717) is 30.2 Å². The zero-order chi connectivity index (χ0) is 26.5. The minimum Gasteiger partial charge on any atom is -0.490 e. The molecule has 2 saturated carbocycles. The van der Waals surface area contributed by atoms with E-state index in [9.17, 15) is 4.79 Å². The lowest BCUT2D eigenvalue weighted by Crippen LogP contribution is -2.21. The molecule has 7 heteroatoms. The van der Waals surface area contributed by atoms with Crippen molar-refractivity contribution in [3.63, 3.8) is 0 Å². The maximum Gasteiger partial charge on any atom is 0.404 e. The Bertz CT molecular complexity index is 1270. The summed E-state index contributed by atoms with van der Waals surface area (Å²) in [7, 11) is 0. The van der Waals surface area contributed by atoms with Crippen LogP contribution in [-0.4, -0.2) is 28.8 Å². The summed E-state index contributed by atoms with van der Waals surface area (Å²) in [5, 5.41) is 11.8. The molecule has 0 spiro atoms. The summed E-state index contributed by atoms with van der Waals surface area (Å²) in [5.74, 6) is 1.26. The summed E-state index contributed by atoms with van der Waals surface area (Å²) < 4.78 is 12.9. The van der Waals surface area contributed by atoms with Crippen molar-refractivity contribution < 1.29 is 19.4 Å². The number of unbranched alkanes of at least 4 members (excludes halogenated alkanes) is 1. The van der Waals surface area contributed by atoms with E-state index >= 15 is 0 Å².